The average Bonchev–Trinajstić information content (AvgIpc) is 3.06. The first kappa shape index (κ1) is 16.8. The zero-order valence-electron chi connectivity index (χ0n) is 14.3. The smallest absolute Gasteiger partial charge is 0.137 e. The van der Waals surface area contributed by atoms with E-state index in [4.69, 9.17) is 9.72 Å². The van der Waals surface area contributed by atoms with Gasteiger partial charge in [0.15, 0.2) is 0 Å². The number of halogens is 1. The van der Waals surface area contributed by atoms with E-state index in [0.717, 1.165) is 48.4 Å². The van der Waals surface area contributed by atoms with E-state index in [2.05, 4.69) is 81.2 Å². The summed E-state index contributed by atoms with van der Waals surface area (Å²) < 4.78 is 8.88. The van der Waals surface area contributed by atoms with Crippen LogP contribution in [0.25, 0.3) is 5.65 Å². The van der Waals surface area contributed by atoms with Gasteiger partial charge in [-0.3, -0.25) is 0 Å². The van der Waals surface area contributed by atoms with E-state index in [1.165, 1.54) is 11.3 Å². The van der Waals surface area contributed by atoms with Crippen molar-refractivity contribution in [2.75, 3.05) is 13.2 Å². The monoisotopic (exact) mass is 399 g/mol. The number of fused-ring (bicyclic) bond motifs is 1. The van der Waals surface area contributed by atoms with Crippen molar-refractivity contribution in [3.63, 3.8) is 0 Å². The zero-order chi connectivity index (χ0) is 17.3. The molecule has 4 rings (SSSR count). The lowest BCUT2D eigenvalue weighted by Crippen LogP contribution is -2.46. The van der Waals surface area contributed by atoms with Gasteiger partial charge in [-0.15, -0.1) is 0 Å². The van der Waals surface area contributed by atoms with Crippen LogP contribution in [0.15, 0.2) is 53.1 Å². The van der Waals surface area contributed by atoms with E-state index in [1.807, 2.05) is 0 Å². The average molecular weight is 400 g/mol. The maximum atomic E-state index is 5.62. The number of pyridine rings is 1. The highest BCUT2D eigenvalue weighted by Gasteiger charge is 2.34. The lowest BCUT2D eigenvalue weighted by molar-refractivity contribution is 0.0356. The summed E-state index contributed by atoms with van der Waals surface area (Å²) >= 11 is 3.61. The molecule has 1 saturated heterocycles. The van der Waals surface area contributed by atoms with Gasteiger partial charge in [0, 0.05) is 41.7 Å². The van der Waals surface area contributed by atoms with Crippen LogP contribution in [0.3, 0.4) is 0 Å². The first-order valence-corrected chi connectivity index (χ1v) is 9.48. The van der Waals surface area contributed by atoms with Crippen molar-refractivity contribution in [2.24, 2.45) is 0 Å². The Hall–Kier alpha value is -1.69. The molecule has 0 unspecified atom stereocenters. The van der Waals surface area contributed by atoms with E-state index < -0.39 is 0 Å². The van der Waals surface area contributed by atoms with Crippen LogP contribution < -0.4 is 5.32 Å². The minimum absolute atomic E-state index is 0.0626. The molecule has 1 aromatic carbocycles. The van der Waals surface area contributed by atoms with Gasteiger partial charge in [0.05, 0.1) is 5.69 Å². The highest BCUT2D eigenvalue weighted by atomic mass is 79.9. The van der Waals surface area contributed by atoms with E-state index in [0.29, 0.717) is 0 Å². The Bertz CT molecular complexity index is 884. The van der Waals surface area contributed by atoms with Crippen molar-refractivity contribution in [3.05, 3.63) is 70.1 Å². The van der Waals surface area contributed by atoms with Gasteiger partial charge in [-0.2, -0.15) is 0 Å². The quantitative estimate of drug-likeness (QED) is 0.714. The maximum absolute atomic E-state index is 5.62. The third-order valence-electron chi connectivity index (χ3n) is 5.08. The van der Waals surface area contributed by atoms with Crippen molar-refractivity contribution in [3.8, 4) is 0 Å². The van der Waals surface area contributed by atoms with E-state index >= 15 is 0 Å². The number of hydrogen-bond donors (Lipinski definition) is 1. The molecule has 1 fully saturated rings. The lowest BCUT2D eigenvalue weighted by Gasteiger charge is -2.38. The molecule has 1 N–H and O–H groups in total. The Labute approximate surface area is 156 Å². The predicted molar refractivity (Wildman–Crippen MR) is 103 cm³/mol. The molecule has 5 heteroatoms. The maximum Gasteiger partial charge on any atom is 0.137 e. The summed E-state index contributed by atoms with van der Waals surface area (Å²) in [5.41, 5.74) is 4.51. The molecule has 0 amide bonds. The molecule has 2 aromatic heterocycles. The molecule has 0 bridgehead atoms. The summed E-state index contributed by atoms with van der Waals surface area (Å²) in [5, 5.41) is 3.80. The van der Waals surface area contributed by atoms with Crippen molar-refractivity contribution >= 4 is 21.6 Å². The SMILES string of the molecule is Cc1cccc2nc(CNC3(c4cccc(Br)c4)CCOCC3)cn12. The highest BCUT2D eigenvalue weighted by molar-refractivity contribution is 9.10. The lowest BCUT2D eigenvalue weighted by atomic mass is 9.82. The molecular formula is C20H22BrN3O. The van der Waals surface area contributed by atoms with Gasteiger partial charge in [-0.05, 0) is 49.6 Å². The topological polar surface area (TPSA) is 38.6 Å². The Morgan fingerprint density at radius 1 is 1.20 bits per heavy atom. The van der Waals surface area contributed by atoms with Gasteiger partial charge < -0.3 is 14.5 Å². The second-order valence-corrected chi connectivity index (χ2v) is 7.60. The zero-order valence-corrected chi connectivity index (χ0v) is 15.9. The van der Waals surface area contributed by atoms with Gasteiger partial charge in [0.2, 0.25) is 0 Å². The number of nitrogens with one attached hydrogen (secondary N) is 1. The minimum Gasteiger partial charge on any atom is -0.381 e. The van der Waals surface area contributed by atoms with Crippen molar-refractivity contribution in [1.29, 1.82) is 0 Å². The normalized spacial score (nSPS) is 17.0. The Morgan fingerprint density at radius 2 is 2.00 bits per heavy atom. The van der Waals surface area contributed by atoms with Crippen LogP contribution in [0, 0.1) is 6.92 Å². The largest absolute Gasteiger partial charge is 0.381 e. The molecule has 3 aromatic rings. The summed E-state index contributed by atoms with van der Waals surface area (Å²) in [6.45, 7) is 4.41. The van der Waals surface area contributed by atoms with Gasteiger partial charge in [0.1, 0.15) is 5.65 Å². The molecule has 1 aliphatic rings. The second-order valence-electron chi connectivity index (χ2n) is 6.69. The molecule has 0 aliphatic carbocycles. The van der Waals surface area contributed by atoms with Crippen LogP contribution in [0.1, 0.15) is 29.8 Å². The van der Waals surface area contributed by atoms with Crippen LogP contribution in [-0.4, -0.2) is 22.6 Å². The summed E-state index contributed by atoms with van der Waals surface area (Å²) in [7, 11) is 0. The highest BCUT2D eigenvalue weighted by Crippen LogP contribution is 2.33. The molecule has 0 spiro atoms. The van der Waals surface area contributed by atoms with Crippen LogP contribution in [0.2, 0.25) is 0 Å². The van der Waals surface area contributed by atoms with E-state index in [-0.39, 0.29) is 5.54 Å². The number of nitrogens with zero attached hydrogens (tertiary/aromatic N) is 2. The van der Waals surface area contributed by atoms with Crippen molar-refractivity contribution in [1.82, 2.24) is 14.7 Å². The number of rotatable bonds is 4. The van der Waals surface area contributed by atoms with Gasteiger partial charge in [0.25, 0.3) is 0 Å². The van der Waals surface area contributed by atoms with Gasteiger partial charge in [-0.25, -0.2) is 4.98 Å². The molecule has 130 valence electrons. The summed E-state index contributed by atoms with van der Waals surface area (Å²) in [5.74, 6) is 0. The fourth-order valence-corrected chi connectivity index (χ4v) is 4.02. The fraction of sp³-hybridized carbons (Fsp3) is 0.350. The van der Waals surface area contributed by atoms with Crippen LogP contribution in [-0.2, 0) is 16.8 Å². The molecule has 1 aliphatic heterocycles. The molecule has 0 saturated carbocycles. The molecular weight excluding hydrogens is 378 g/mol. The number of ether oxygens (including phenoxy) is 1. The predicted octanol–water partition coefficient (Wildman–Crippen LogP) is 4.20. The first-order valence-electron chi connectivity index (χ1n) is 8.69. The molecule has 4 nitrogen and oxygen atoms in total. The van der Waals surface area contributed by atoms with Crippen molar-refractivity contribution < 1.29 is 4.74 Å². The Kier molecular flexibility index (Phi) is 4.63. The number of aromatic nitrogens is 2. The Balaban J connectivity index is 1.61. The summed E-state index contributed by atoms with van der Waals surface area (Å²) in [6.07, 6.45) is 4.07. The minimum atomic E-state index is -0.0626. The van der Waals surface area contributed by atoms with Crippen LogP contribution >= 0.6 is 15.9 Å². The van der Waals surface area contributed by atoms with Crippen molar-refractivity contribution in [2.45, 2.75) is 31.8 Å². The van der Waals surface area contributed by atoms with E-state index in [9.17, 15) is 0 Å². The first-order chi connectivity index (χ1) is 12.2. The van der Waals surface area contributed by atoms with E-state index in [1.54, 1.807) is 0 Å². The second kappa shape index (κ2) is 6.90. The standard InChI is InChI=1S/C20H22BrN3O/c1-15-4-2-7-19-23-18(14-24(15)19)13-22-20(8-10-25-11-9-20)16-5-3-6-17(21)12-16/h2-7,12,14,22H,8-11,13H2,1H3. The van der Waals surface area contributed by atoms with Crippen LogP contribution in [0.5, 0.6) is 0 Å². The fourth-order valence-electron chi connectivity index (χ4n) is 3.62. The third kappa shape index (κ3) is 3.36. The number of aryl methyl sites for hydroxylation is 1. The molecule has 0 radical (unpaired) electrons. The van der Waals surface area contributed by atoms with Gasteiger partial charge in [-0.1, -0.05) is 34.1 Å². The number of benzene rings is 1. The Morgan fingerprint density at radius 3 is 2.76 bits per heavy atom. The van der Waals surface area contributed by atoms with Gasteiger partial charge >= 0.3 is 0 Å². The number of imidazole rings is 1. The number of hydrogen-bond acceptors (Lipinski definition) is 3. The summed E-state index contributed by atoms with van der Waals surface area (Å²) in [6, 6.07) is 14.8. The molecule has 25 heavy (non-hydrogen) atoms. The molecule has 0 atom stereocenters. The summed E-state index contributed by atoms with van der Waals surface area (Å²) in [4.78, 5) is 4.76. The molecule has 3 heterocycles. The van der Waals surface area contributed by atoms with Crippen LogP contribution in [0.4, 0.5) is 0 Å². The third-order valence-corrected chi connectivity index (χ3v) is 5.57.